The van der Waals surface area contributed by atoms with Crippen LogP contribution in [0.15, 0.2) is 12.1 Å². The van der Waals surface area contributed by atoms with E-state index < -0.39 is 22.2 Å². The Kier molecular flexibility index (Phi) is 4.13. The van der Waals surface area contributed by atoms with Gasteiger partial charge in [0.1, 0.15) is 11.5 Å². The number of halogens is 2. The lowest BCUT2D eigenvalue weighted by molar-refractivity contribution is -0.384. The van der Waals surface area contributed by atoms with E-state index in [0.29, 0.717) is 19.1 Å². The lowest BCUT2D eigenvalue weighted by Gasteiger charge is -2.51. The van der Waals surface area contributed by atoms with Gasteiger partial charge in [0.05, 0.1) is 17.1 Å². The van der Waals surface area contributed by atoms with Gasteiger partial charge in [-0.3, -0.25) is 10.1 Å². The topological polar surface area (TPSA) is 64.4 Å². The van der Waals surface area contributed by atoms with Crippen LogP contribution >= 0.6 is 0 Å². The van der Waals surface area contributed by atoms with E-state index in [1.165, 1.54) is 0 Å². The second-order valence-corrected chi connectivity index (χ2v) is 5.74. The highest BCUT2D eigenvalue weighted by Crippen LogP contribution is 2.45. The summed E-state index contributed by atoms with van der Waals surface area (Å²) < 4.78 is 32.5. The smallest absolute Gasteiger partial charge is 0.298 e. The number of rotatable bonds is 5. The van der Waals surface area contributed by atoms with Gasteiger partial charge >= 0.3 is 0 Å². The van der Waals surface area contributed by atoms with Crippen LogP contribution in [0.25, 0.3) is 0 Å². The molecular weight excluding hydrogens is 282 g/mol. The monoisotopic (exact) mass is 300 g/mol. The van der Waals surface area contributed by atoms with Crippen molar-refractivity contribution in [1.82, 2.24) is 0 Å². The van der Waals surface area contributed by atoms with Crippen molar-refractivity contribution in [2.24, 2.45) is 5.41 Å². The zero-order chi connectivity index (χ0) is 15.8. The Hall–Kier alpha value is -1.76. The molecule has 1 aromatic carbocycles. The highest BCUT2D eigenvalue weighted by atomic mass is 19.1. The number of nitrogens with zero attached hydrogens (tertiary/aromatic N) is 1. The summed E-state index contributed by atoms with van der Waals surface area (Å²) >= 11 is 0. The van der Waals surface area contributed by atoms with Crippen LogP contribution in [0.5, 0.6) is 0 Å². The van der Waals surface area contributed by atoms with E-state index in [4.69, 9.17) is 4.74 Å². The molecule has 21 heavy (non-hydrogen) atoms. The van der Waals surface area contributed by atoms with E-state index in [9.17, 15) is 18.9 Å². The van der Waals surface area contributed by atoms with Crippen LogP contribution in [0, 0.1) is 27.2 Å². The first-order valence-electron chi connectivity index (χ1n) is 6.79. The molecule has 0 spiro atoms. The van der Waals surface area contributed by atoms with Gasteiger partial charge in [-0.2, -0.15) is 0 Å². The lowest BCUT2D eigenvalue weighted by atomic mass is 9.64. The maximum absolute atomic E-state index is 13.9. The van der Waals surface area contributed by atoms with E-state index in [-0.39, 0.29) is 23.2 Å². The maximum atomic E-state index is 13.9. The van der Waals surface area contributed by atoms with Crippen molar-refractivity contribution in [2.75, 3.05) is 11.9 Å². The van der Waals surface area contributed by atoms with Crippen molar-refractivity contribution in [3.63, 3.8) is 0 Å². The summed E-state index contributed by atoms with van der Waals surface area (Å²) in [5, 5.41) is 13.8. The van der Waals surface area contributed by atoms with Crippen molar-refractivity contribution in [3.05, 3.63) is 33.9 Å². The van der Waals surface area contributed by atoms with Gasteiger partial charge in [-0.05, 0) is 13.3 Å². The maximum Gasteiger partial charge on any atom is 0.298 e. The van der Waals surface area contributed by atoms with Crippen LogP contribution in [0.1, 0.15) is 27.2 Å². The van der Waals surface area contributed by atoms with Crippen molar-refractivity contribution < 1.29 is 18.4 Å². The van der Waals surface area contributed by atoms with Gasteiger partial charge in [-0.1, -0.05) is 13.8 Å². The molecule has 1 N–H and O–H groups in total. The summed E-state index contributed by atoms with van der Waals surface area (Å²) in [7, 11) is 0. The molecule has 2 rings (SSSR count). The van der Waals surface area contributed by atoms with Gasteiger partial charge in [0.25, 0.3) is 5.69 Å². The van der Waals surface area contributed by atoms with Crippen molar-refractivity contribution in [3.8, 4) is 0 Å². The first-order valence-corrected chi connectivity index (χ1v) is 6.79. The van der Waals surface area contributed by atoms with E-state index in [0.717, 1.165) is 6.07 Å². The summed E-state index contributed by atoms with van der Waals surface area (Å²) in [6.45, 7) is 6.36. The quantitative estimate of drug-likeness (QED) is 0.668. The lowest BCUT2D eigenvalue weighted by Crippen LogP contribution is -2.58. The van der Waals surface area contributed by atoms with Crippen molar-refractivity contribution >= 4 is 11.4 Å². The predicted molar refractivity (Wildman–Crippen MR) is 74.2 cm³/mol. The Morgan fingerprint density at radius 3 is 2.67 bits per heavy atom. The molecule has 0 radical (unpaired) electrons. The summed E-state index contributed by atoms with van der Waals surface area (Å²) in [5.74, 6) is -1.93. The standard InChI is InChI=1S/C14H18F2N2O3/c1-4-21-12-7-11(14(12,2)3)17-13-9(16)5-8(15)6-10(13)18(19)20/h5-6,11-12,17H,4,7H2,1-3H3. The largest absolute Gasteiger partial charge is 0.378 e. The van der Waals surface area contributed by atoms with E-state index >= 15 is 0 Å². The second kappa shape index (κ2) is 5.55. The number of benzene rings is 1. The molecule has 0 saturated heterocycles. The fourth-order valence-corrected chi connectivity index (χ4v) is 2.64. The summed E-state index contributed by atoms with van der Waals surface area (Å²) in [5.41, 5.74) is -1.15. The Morgan fingerprint density at radius 2 is 2.14 bits per heavy atom. The third-order valence-corrected chi connectivity index (χ3v) is 4.10. The number of ether oxygens (including phenoxy) is 1. The molecule has 2 unspecified atom stereocenters. The summed E-state index contributed by atoms with van der Waals surface area (Å²) in [6, 6.07) is 1.19. The number of nitro benzene ring substituents is 1. The molecule has 7 heteroatoms. The third-order valence-electron chi connectivity index (χ3n) is 4.10. The Morgan fingerprint density at radius 1 is 1.48 bits per heavy atom. The molecule has 1 aromatic rings. The van der Waals surface area contributed by atoms with Crippen molar-refractivity contribution in [2.45, 2.75) is 39.3 Å². The first-order chi connectivity index (χ1) is 9.77. The van der Waals surface area contributed by atoms with Crippen LogP contribution in [0.4, 0.5) is 20.2 Å². The van der Waals surface area contributed by atoms with Gasteiger partial charge in [0, 0.05) is 24.1 Å². The highest BCUT2D eigenvalue weighted by Gasteiger charge is 2.49. The SMILES string of the molecule is CCOC1CC(Nc2c(F)cc(F)cc2[N+](=O)[O-])C1(C)C. The van der Waals surface area contributed by atoms with Gasteiger partial charge < -0.3 is 10.1 Å². The minimum absolute atomic E-state index is 0.0163. The molecule has 0 heterocycles. The minimum atomic E-state index is -0.968. The zero-order valence-corrected chi connectivity index (χ0v) is 12.2. The number of nitrogens with one attached hydrogen (secondary N) is 1. The molecule has 1 aliphatic carbocycles. The van der Waals surface area contributed by atoms with Crippen molar-refractivity contribution in [1.29, 1.82) is 0 Å². The molecule has 1 fully saturated rings. The normalized spacial score (nSPS) is 23.5. The minimum Gasteiger partial charge on any atom is -0.378 e. The molecule has 5 nitrogen and oxygen atoms in total. The van der Waals surface area contributed by atoms with Gasteiger partial charge in [0.15, 0.2) is 5.82 Å². The predicted octanol–water partition coefficient (Wildman–Crippen LogP) is 3.49. The average Bonchev–Trinajstić information content (AvgIpc) is 2.39. The molecule has 0 amide bonds. The molecule has 2 atom stereocenters. The van der Waals surface area contributed by atoms with Gasteiger partial charge in [-0.25, -0.2) is 8.78 Å². The fourth-order valence-electron chi connectivity index (χ4n) is 2.64. The van der Waals surface area contributed by atoms with E-state index in [1.54, 1.807) is 0 Å². The summed E-state index contributed by atoms with van der Waals surface area (Å²) in [6.07, 6.45) is 0.636. The highest BCUT2D eigenvalue weighted by molar-refractivity contribution is 5.63. The van der Waals surface area contributed by atoms with Crippen LogP contribution in [-0.4, -0.2) is 23.7 Å². The zero-order valence-electron chi connectivity index (χ0n) is 12.2. The van der Waals surface area contributed by atoms with Crippen LogP contribution in [0.2, 0.25) is 0 Å². The number of anilines is 1. The Bertz CT molecular complexity index is 563. The number of nitro groups is 1. The Balaban J connectivity index is 2.23. The fraction of sp³-hybridized carbons (Fsp3) is 0.571. The molecule has 1 aliphatic rings. The molecule has 0 aromatic heterocycles. The number of hydrogen-bond acceptors (Lipinski definition) is 4. The summed E-state index contributed by atoms with van der Waals surface area (Å²) in [4.78, 5) is 10.2. The van der Waals surface area contributed by atoms with Crippen LogP contribution in [0.3, 0.4) is 0 Å². The van der Waals surface area contributed by atoms with Gasteiger partial charge in [-0.15, -0.1) is 0 Å². The molecule has 0 aliphatic heterocycles. The Labute approximate surface area is 121 Å². The molecule has 116 valence electrons. The molecular formula is C14H18F2N2O3. The average molecular weight is 300 g/mol. The molecule has 1 saturated carbocycles. The van der Waals surface area contributed by atoms with Crippen LogP contribution in [-0.2, 0) is 4.74 Å². The van der Waals surface area contributed by atoms with E-state index in [1.807, 2.05) is 20.8 Å². The van der Waals surface area contributed by atoms with Gasteiger partial charge in [0.2, 0.25) is 0 Å². The number of hydrogen-bond donors (Lipinski definition) is 1. The van der Waals surface area contributed by atoms with E-state index in [2.05, 4.69) is 5.32 Å². The first kappa shape index (κ1) is 15.6. The molecule has 0 bridgehead atoms. The third kappa shape index (κ3) is 2.83. The van der Waals surface area contributed by atoms with Crippen LogP contribution < -0.4 is 5.32 Å². The second-order valence-electron chi connectivity index (χ2n) is 5.74.